The van der Waals surface area contributed by atoms with Gasteiger partial charge in [-0.15, -0.1) is 0 Å². The molecule has 3 rings (SSSR count). The van der Waals surface area contributed by atoms with Gasteiger partial charge < -0.3 is 14.5 Å². The second kappa shape index (κ2) is 9.43. The minimum absolute atomic E-state index is 0.0761. The van der Waals surface area contributed by atoms with Gasteiger partial charge in [-0.1, -0.05) is 47.6 Å². The van der Waals surface area contributed by atoms with Crippen molar-refractivity contribution in [2.75, 3.05) is 17.7 Å². The van der Waals surface area contributed by atoms with Gasteiger partial charge in [0.15, 0.2) is 5.76 Å². The molecule has 144 valence electrons. The molecule has 1 aromatic heterocycles. The highest BCUT2D eigenvalue weighted by atomic mass is 35.5. The fourth-order valence-electron chi connectivity index (χ4n) is 2.39. The van der Waals surface area contributed by atoms with Crippen LogP contribution in [0.5, 0.6) is 0 Å². The van der Waals surface area contributed by atoms with Crippen LogP contribution in [0.25, 0.3) is 11.3 Å². The number of ether oxygens (including phenoxy) is 1. The standard InChI is InChI=1S/C20H17ClN2O4S/c1-2-26-19(25)15-8-3-4-9-16(15)23-18(24)12-28-20-22-11-17(27-20)13-6-5-7-14(21)10-13/h3-11H,2,12H2,1H3,(H,23,24). The number of carbonyl (C=O) groups is 2. The zero-order valence-corrected chi connectivity index (χ0v) is 16.5. The van der Waals surface area contributed by atoms with Crippen LogP contribution in [-0.2, 0) is 9.53 Å². The van der Waals surface area contributed by atoms with E-state index < -0.39 is 5.97 Å². The summed E-state index contributed by atoms with van der Waals surface area (Å²) in [7, 11) is 0. The Kier molecular flexibility index (Phi) is 6.73. The second-order valence-corrected chi connectivity index (χ2v) is 6.97. The summed E-state index contributed by atoms with van der Waals surface area (Å²) >= 11 is 7.14. The van der Waals surface area contributed by atoms with Crippen molar-refractivity contribution in [1.82, 2.24) is 4.98 Å². The van der Waals surface area contributed by atoms with E-state index in [9.17, 15) is 9.59 Å². The lowest BCUT2D eigenvalue weighted by Gasteiger charge is -2.09. The summed E-state index contributed by atoms with van der Waals surface area (Å²) in [4.78, 5) is 28.4. The summed E-state index contributed by atoms with van der Waals surface area (Å²) in [5.74, 6) is -0.126. The van der Waals surface area contributed by atoms with Gasteiger partial charge in [0.25, 0.3) is 5.22 Å². The lowest BCUT2D eigenvalue weighted by Crippen LogP contribution is -2.17. The maximum Gasteiger partial charge on any atom is 0.340 e. The van der Waals surface area contributed by atoms with Gasteiger partial charge in [-0.3, -0.25) is 4.79 Å². The molecule has 0 aliphatic carbocycles. The van der Waals surface area contributed by atoms with E-state index in [-0.39, 0.29) is 18.3 Å². The number of esters is 1. The van der Waals surface area contributed by atoms with Crippen LogP contribution in [0.2, 0.25) is 5.02 Å². The lowest BCUT2D eigenvalue weighted by atomic mass is 10.2. The van der Waals surface area contributed by atoms with Crippen molar-refractivity contribution in [3.63, 3.8) is 0 Å². The van der Waals surface area contributed by atoms with Gasteiger partial charge in [-0.2, -0.15) is 0 Å². The molecule has 2 aromatic carbocycles. The molecule has 8 heteroatoms. The van der Waals surface area contributed by atoms with E-state index in [1.54, 1.807) is 49.5 Å². The third kappa shape index (κ3) is 5.15. The Morgan fingerprint density at radius 1 is 1.21 bits per heavy atom. The average Bonchev–Trinajstić information content (AvgIpc) is 3.16. The molecule has 0 bridgehead atoms. The quantitative estimate of drug-likeness (QED) is 0.435. The molecule has 0 unspecified atom stereocenters. The molecule has 1 amide bonds. The maximum absolute atomic E-state index is 12.3. The number of benzene rings is 2. The first kappa shape index (κ1) is 20.0. The molecular formula is C20H17ClN2O4S. The monoisotopic (exact) mass is 416 g/mol. The number of anilines is 1. The highest BCUT2D eigenvalue weighted by Crippen LogP contribution is 2.27. The summed E-state index contributed by atoms with van der Waals surface area (Å²) in [6.07, 6.45) is 1.59. The van der Waals surface area contributed by atoms with Crippen LogP contribution in [0, 0.1) is 0 Å². The molecule has 0 saturated heterocycles. The van der Waals surface area contributed by atoms with E-state index >= 15 is 0 Å². The van der Waals surface area contributed by atoms with Crippen molar-refractivity contribution in [2.45, 2.75) is 12.1 Å². The summed E-state index contributed by atoms with van der Waals surface area (Å²) in [5.41, 5.74) is 1.51. The highest BCUT2D eigenvalue weighted by Gasteiger charge is 2.15. The van der Waals surface area contributed by atoms with Gasteiger partial charge in [-0.05, 0) is 31.2 Å². The van der Waals surface area contributed by atoms with Gasteiger partial charge in [-0.25, -0.2) is 9.78 Å². The highest BCUT2D eigenvalue weighted by molar-refractivity contribution is 7.99. The van der Waals surface area contributed by atoms with Crippen molar-refractivity contribution in [2.24, 2.45) is 0 Å². The van der Waals surface area contributed by atoms with Crippen LogP contribution in [0.15, 0.2) is 64.4 Å². The Hall–Kier alpha value is -2.77. The second-order valence-electron chi connectivity index (χ2n) is 5.60. The number of hydrogen-bond acceptors (Lipinski definition) is 6. The van der Waals surface area contributed by atoms with Gasteiger partial charge in [0.2, 0.25) is 5.91 Å². The first-order valence-electron chi connectivity index (χ1n) is 8.47. The summed E-state index contributed by atoms with van der Waals surface area (Å²) in [5, 5.41) is 3.68. The van der Waals surface area contributed by atoms with E-state index in [0.717, 1.165) is 17.3 Å². The van der Waals surface area contributed by atoms with Crippen molar-refractivity contribution in [3.05, 3.63) is 65.3 Å². The molecular weight excluding hydrogens is 400 g/mol. The summed E-state index contributed by atoms with van der Waals surface area (Å²) in [6.45, 7) is 1.99. The van der Waals surface area contributed by atoms with E-state index in [4.69, 9.17) is 20.8 Å². The number of amides is 1. The molecule has 0 fully saturated rings. The summed E-state index contributed by atoms with van der Waals surface area (Å²) < 4.78 is 10.7. The van der Waals surface area contributed by atoms with Crippen molar-refractivity contribution in [3.8, 4) is 11.3 Å². The van der Waals surface area contributed by atoms with Crippen LogP contribution in [0.4, 0.5) is 5.69 Å². The molecule has 6 nitrogen and oxygen atoms in total. The Labute approximate surface area is 171 Å². The normalized spacial score (nSPS) is 10.5. The molecule has 0 radical (unpaired) electrons. The van der Waals surface area contributed by atoms with Crippen molar-refractivity contribution in [1.29, 1.82) is 0 Å². The molecule has 0 aliphatic heterocycles. The number of thioether (sulfide) groups is 1. The molecule has 0 spiro atoms. The molecule has 0 saturated carbocycles. The molecule has 1 heterocycles. The largest absolute Gasteiger partial charge is 0.462 e. The molecule has 0 atom stereocenters. The van der Waals surface area contributed by atoms with Gasteiger partial charge in [0.1, 0.15) is 0 Å². The van der Waals surface area contributed by atoms with Gasteiger partial charge >= 0.3 is 5.97 Å². The number of para-hydroxylation sites is 1. The zero-order chi connectivity index (χ0) is 19.9. The van der Waals surface area contributed by atoms with Crippen LogP contribution in [0.1, 0.15) is 17.3 Å². The predicted molar refractivity (Wildman–Crippen MR) is 109 cm³/mol. The Morgan fingerprint density at radius 2 is 2.04 bits per heavy atom. The van der Waals surface area contributed by atoms with Crippen LogP contribution in [-0.4, -0.2) is 29.2 Å². The van der Waals surface area contributed by atoms with E-state index in [0.29, 0.717) is 27.3 Å². The zero-order valence-electron chi connectivity index (χ0n) is 15.0. The average molecular weight is 417 g/mol. The van der Waals surface area contributed by atoms with Crippen LogP contribution in [0.3, 0.4) is 0 Å². The van der Waals surface area contributed by atoms with Crippen molar-refractivity contribution < 1.29 is 18.7 Å². The summed E-state index contributed by atoms with van der Waals surface area (Å²) in [6, 6.07) is 13.9. The number of nitrogens with one attached hydrogen (secondary N) is 1. The van der Waals surface area contributed by atoms with E-state index in [1.807, 2.05) is 12.1 Å². The Bertz CT molecular complexity index is 990. The molecule has 0 aliphatic rings. The number of aromatic nitrogens is 1. The number of oxazole rings is 1. The fourth-order valence-corrected chi connectivity index (χ4v) is 3.19. The number of nitrogens with zero attached hydrogens (tertiary/aromatic N) is 1. The van der Waals surface area contributed by atoms with Gasteiger partial charge in [0.05, 0.1) is 29.8 Å². The number of hydrogen-bond donors (Lipinski definition) is 1. The fraction of sp³-hybridized carbons (Fsp3) is 0.150. The number of halogens is 1. The topological polar surface area (TPSA) is 81.4 Å². The predicted octanol–water partition coefficient (Wildman–Crippen LogP) is 4.90. The maximum atomic E-state index is 12.3. The van der Waals surface area contributed by atoms with Crippen molar-refractivity contribution >= 4 is 40.9 Å². The SMILES string of the molecule is CCOC(=O)c1ccccc1NC(=O)CSc1ncc(-c2cccc(Cl)c2)o1. The lowest BCUT2D eigenvalue weighted by molar-refractivity contribution is -0.113. The third-order valence-corrected chi connectivity index (χ3v) is 4.69. The Balaban J connectivity index is 1.61. The minimum atomic E-state index is -0.482. The Morgan fingerprint density at radius 3 is 2.82 bits per heavy atom. The van der Waals surface area contributed by atoms with Gasteiger partial charge in [0, 0.05) is 10.6 Å². The molecule has 28 heavy (non-hydrogen) atoms. The first-order valence-corrected chi connectivity index (χ1v) is 9.83. The smallest absolute Gasteiger partial charge is 0.340 e. The minimum Gasteiger partial charge on any atom is -0.462 e. The number of rotatable bonds is 7. The molecule has 1 N–H and O–H groups in total. The van der Waals surface area contributed by atoms with E-state index in [2.05, 4.69) is 10.3 Å². The molecule has 3 aromatic rings. The van der Waals surface area contributed by atoms with Crippen LogP contribution >= 0.6 is 23.4 Å². The van der Waals surface area contributed by atoms with E-state index in [1.165, 1.54) is 0 Å². The third-order valence-electron chi connectivity index (χ3n) is 3.62. The first-order chi connectivity index (χ1) is 13.6. The van der Waals surface area contributed by atoms with Crippen LogP contribution < -0.4 is 5.32 Å². The number of carbonyl (C=O) groups excluding carboxylic acids is 2.